The predicted octanol–water partition coefficient (Wildman–Crippen LogP) is -0.156. The molecule has 0 bridgehead atoms. The van der Waals surface area contributed by atoms with Crippen molar-refractivity contribution in [2.24, 2.45) is 5.14 Å². The van der Waals surface area contributed by atoms with Gasteiger partial charge in [-0.2, -0.15) is 5.10 Å². The highest BCUT2D eigenvalue weighted by Gasteiger charge is 2.18. The number of primary sulfonamides is 1. The minimum Gasteiger partial charge on any atom is -0.281 e. The van der Waals surface area contributed by atoms with E-state index in [9.17, 15) is 16.8 Å². The van der Waals surface area contributed by atoms with E-state index in [2.05, 4.69) is 14.9 Å². The van der Waals surface area contributed by atoms with E-state index in [1.807, 2.05) is 0 Å². The Bertz CT molecular complexity index is 839. The molecule has 1 aromatic carbocycles. The molecule has 0 spiro atoms. The van der Waals surface area contributed by atoms with Gasteiger partial charge in [0.15, 0.2) is 0 Å². The Kier molecular flexibility index (Phi) is 4.14. The Balaban J connectivity index is 2.12. The molecule has 1 heterocycles. The van der Waals surface area contributed by atoms with Crippen LogP contribution >= 0.6 is 0 Å². The zero-order valence-electron chi connectivity index (χ0n) is 11.1. The van der Waals surface area contributed by atoms with Crippen molar-refractivity contribution in [1.29, 1.82) is 0 Å². The van der Waals surface area contributed by atoms with Crippen molar-refractivity contribution >= 4 is 20.0 Å². The van der Waals surface area contributed by atoms with Gasteiger partial charge in [-0.25, -0.2) is 26.7 Å². The van der Waals surface area contributed by atoms with Crippen LogP contribution in [0, 0.1) is 6.92 Å². The Morgan fingerprint density at radius 2 is 1.81 bits per heavy atom. The molecule has 2 aromatic rings. The van der Waals surface area contributed by atoms with E-state index in [0.29, 0.717) is 11.3 Å². The number of aromatic nitrogens is 2. The highest BCUT2D eigenvalue weighted by atomic mass is 32.2. The van der Waals surface area contributed by atoms with Gasteiger partial charge in [0.05, 0.1) is 16.8 Å². The number of rotatable bonds is 5. The Morgan fingerprint density at radius 1 is 1.19 bits per heavy atom. The van der Waals surface area contributed by atoms with Crippen LogP contribution in [0.1, 0.15) is 11.3 Å². The van der Waals surface area contributed by atoms with E-state index in [1.54, 1.807) is 6.92 Å². The molecule has 0 fully saturated rings. The predicted molar refractivity (Wildman–Crippen MR) is 75.2 cm³/mol. The summed E-state index contributed by atoms with van der Waals surface area (Å²) in [5.74, 6) is 0. The molecule has 0 saturated carbocycles. The summed E-state index contributed by atoms with van der Waals surface area (Å²) in [6.07, 6.45) is 1.22. The molecule has 0 unspecified atom stereocenters. The topological polar surface area (TPSA) is 135 Å². The van der Waals surface area contributed by atoms with E-state index in [1.165, 1.54) is 30.5 Å². The van der Waals surface area contributed by atoms with Gasteiger partial charge in [0.1, 0.15) is 4.90 Å². The molecule has 0 radical (unpaired) electrons. The van der Waals surface area contributed by atoms with Crippen molar-refractivity contribution < 1.29 is 16.8 Å². The van der Waals surface area contributed by atoms with E-state index in [4.69, 9.17) is 5.14 Å². The summed E-state index contributed by atoms with van der Waals surface area (Å²) in [7, 11) is -7.43. The van der Waals surface area contributed by atoms with Crippen molar-refractivity contribution in [3.63, 3.8) is 0 Å². The lowest BCUT2D eigenvalue weighted by Gasteiger charge is -2.06. The van der Waals surface area contributed by atoms with Gasteiger partial charge in [0.25, 0.3) is 0 Å². The maximum atomic E-state index is 12.0. The zero-order chi connectivity index (χ0) is 15.7. The van der Waals surface area contributed by atoms with Crippen LogP contribution < -0.4 is 9.86 Å². The molecule has 2 rings (SSSR count). The maximum Gasteiger partial charge on any atom is 0.244 e. The third-order valence-electron chi connectivity index (χ3n) is 2.79. The lowest BCUT2D eigenvalue weighted by atomic mass is 10.2. The van der Waals surface area contributed by atoms with E-state index in [0.717, 1.165) is 0 Å². The SMILES string of the molecule is Cc1[nH]ncc1S(=O)(=O)NCc1ccc(S(N)(=O)=O)cc1. The van der Waals surface area contributed by atoms with E-state index in [-0.39, 0.29) is 16.3 Å². The molecular weight excluding hydrogens is 316 g/mol. The van der Waals surface area contributed by atoms with Crippen LogP contribution in [0.25, 0.3) is 0 Å². The second kappa shape index (κ2) is 5.56. The van der Waals surface area contributed by atoms with Crippen LogP contribution in [0.5, 0.6) is 0 Å². The average Bonchev–Trinajstić information content (AvgIpc) is 2.83. The van der Waals surface area contributed by atoms with Crippen molar-refractivity contribution in [3.05, 3.63) is 41.7 Å². The number of sulfonamides is 2. The first kappa shape index (κ1) is 15.6. The minimum atomic E-state index is -3.76. The van der Waals surface area contributed by atoms with E-state index >= 15 is 0 Å². The molecule has 4 N–H and O–H groups in total. The lowest BCUT2D eigenvalue weighted by molar-refractivity contribution is 0.580. The molecule has 114 valence electrons. The first-order valence-electron chi connectivity index (χ1n) is 5.81. The number of hydrogen-bond acceptors (Lipinski definition) is 5. The third-order valence-corrected chi connectivity index (χ3v) is 5.24. The molecule has 1 aromatic heterocycles. The lowest BCUT2D eigenvalue weighted by Crippen LogP contribution is -2.23. The average molecular weight is 330 g/mol. The number of nitrogens with two attached hydrogens (primary N) is 1. The molecule has 0 aliphatic carbocycles. The summed E-state index contributed by atoms with van der Waals surface area (Å²) < 4.78 is 48.7. The van der Waals surface area contributed by atoms with Gasteiger partial charge < -0.3 is 0 Å². The van der Waals surface area contributed by atoms with Crippen LogP contribution in [-0.4, -0.2) is 27.0 Å². The summed E-state index contributed by atoms with van der Waals surface area (Å²) in [4.78, 5) is 0.0449. The number of nitrogens with one attached hydrogen (secondary N) is 2. The van der Waals surface area contributed by atoms with Crippen LogP contribution in [0.15, 0.2) is 40.3 Å². The Morgan fingerprint density at radius 3 is 2.29 bits per heavy atom. The molecule has 10 heteroatoms. The fraction of sp³-hybridized carbons (Fsp3) is 0.182. The van der Waals surface area contributed by atoms with Crippen molar-refractivity contribution in [2.75, 3.05) is 0 Å². The highest BCUT2D eigenvalue weighted by Crippen LogP contribution is 2.13. The fourth-order valence-corrected chi connectivity index (χ4v) is 3.33. The third kappa shape index (κ3) is 3.67. The number of H-pyrrole nitrogens is 1. The van der Waals surface area contributed by atoms with Crippen molar-refractivity contribution in [1.82, 2.24) is 14.9 Å². The summed E-state index contributed by atoms with van der Waals surface area (Å²) in [6, 6.07) is 5.62. The summed E-state index contributed by atoms with van der Waals surface area (Å²) in [5.41, 5.74) is 1.04. The highest BCUT2D eigenvalue weighted by molar-refractivity contribution is 7.89. The zero-order valence-corrected chi connectivity index (χ0v) is 12.7. The van der Waals surface area contributed by atoms with Gasteiger partial charge in [-0.15, -0.1) is 0 Å². The molecule has 0 amide bonds. The van der Waals surface area contributed by atoms with Crippen LogP contribution in [0.4, 0.5) is 0 Å². The largest absolute Gasteiger partial charge is 0.281 e. The second-order valence-electron chi connectivity index (χ2n) is 4.37. The normalized spacial score (nSPS) is 12.5. The number of aromatic amines is 1. The summed E-state index contributed by atoms with van der Waals surface area (Å²) in [6.45, 7) is 1.63. The van der Waals surface area contributed by atoms with Gasteiger partial charge in [-0.1, -0.05) is 12.1 Å². The van der Waals surface area contributed by atoms with Gasteiger partial charge in [-0.3, -0.25) is 5.10 Å². The fourth-order valence-electron chi connectivity index (χ4n) is 1.66. The number of hydrogen-bond donors (Lipinski definition) is 3. The van der Waals surface area contributed by atoms with Gasteiger partial charge in [0, 0.05) is 6.54 Å². The summed E-state index contributed by atoms with van der Waals surface area (Å²) in [5, 5.41) is 11.2. The first-order valence-corrected chi connectivity index (χ1v) is 8.84. The molecule has 0 saturated heterocycles. The second-order valence-corrected chi connectivity index (χ2v) is 7.67. The van der Waals surface area contributed by atoms with Gasteiger partial charge >= 0.3 is 0 Å². The van der Waals surface area contributed by atoms with Crippen molar-refractivity contribution in [3.8, 4) is 0 Å². The maximum absolute atomic E-state index is 12.0. The standard InChI is InChI=1S/C11H14N4O4S2/c1-8-11(7-13-15-8)21(18,19)14-6-9-2-4-10(5-3-9)20(12,16)17/h2-5,7,14H,6H2,1H3,(H,13,15)(H2,12,16,17). The van der Waals surface area contributed by atoms with Crippen LogP contribution in [-0.2, 0) is 26.6 Å². The van der Waals surface area contributed by atoms with E-state index < -0.39 is 20.0 Å². The van der Waals surface area contributed by atoms with Crippen LogP contribution in [0.3, 0.4) is 0 Å². The molecule has 0 aliphatic rings. The monoisotopic (exact) mass is 330 g/mol. The minimum absolute atomic E-state index is 0.0256. The van der Waals surface area contributed by atoms with Gasteiger partial charge in [-0.05, 0) is 24.6 Å². The van der Waals surface area contributed by atoms with Gasteiger partial charge in [0.2, 0.25) is 20.0 Å². The first-order chi connectivity index (χ1) is 9.70. The quantitative estimate of drug-likeness (QED) is 0.700. The Labute approximate surface area is 122 Å². The van der Waals surface area contributed by atoms with Crippen molar-refractivity contribution in [2.45, 2.75) is 23.3 Å². The molecule has 0 atom stereocenters. The number of aryl methyl sites for hydroxylation is 1. The molecule has 8 nitrogen and oxygen atoms in total. The Hall–Kier alpha value is -1.75. The summed E-state index contributed by atoms with van der Waals surface area (Å²) >= 11 is 0. The number of benzene rings is 1. The molecular formula is C11H14N4O4S2. The molecule has 0 aliphatic heterocycles. The molecule has 21 heavy (non-hydrogen) atoms. The number of nitrogens with zero attached hydrogens (tertiary/aromatic N) is 1. The smallest absolute Gasteiger partial charge is 0.244 e. The van der Waals surface area contributed by atoms with Crippen LogP contribution in [0.2, 0.25) is 0 Å².